The Morgan fingerprint density at radius 3 is 2.58 bits per heavy atom. The van der Waals surface area contributed by atoms with Gasteiger partial charge in [0, 0.05) is 28.6 Å². The third-order valence-corrected chi connectivity index (χ3v) is 6.69. The summed E-state index contributed by atoms with van der Waals surface area (Å²) in [5.41, 5.74) is 2.12. The van der Waals surface area contributed by atoms with Gasteiger partial charge in [0.2, 0.25) is 5.88 Å². The van der Waals surface area contributed by atoms with E-state index >= 15 is 0 Å². The number of benzene rings is 2. The molecule has 0 radical (unpaired) electrons. The molecule has 0 atom stereocenters. The molecule has 1 N–H and O–H groups in total. The van der Waals surface area contributed by atoms with Crippen LogP contribution in [0.5, 0.6) is 5.88 Å². The number of halogens is 2. The fraction of sp³-hybridized carbons (Fsp3) is 0.333. The van der Waals surface area contributed by atoms with Crippen LogP contribution in [0.1, 0.15) is 54.6 Å². The van der Waals surface area contributed by atoms with Crippen molar-refractivity contribution in [1.82, 2.24) is 14.9 Å². The van der Waals surface area contributed by atoms with Crippen molar-refractivity contribution in [3.63, 3.8) is 0 Å². The van der Waals surface area contributed by atoms with Gasteiger partial charge in [-0.15, -0.1) is 10.1 Å². The van der Waals surface area contributed by atoms with Gasteiger partial charge in [-0.1, -0.05) is 54.3 Å². The fourth-order valence-electron chi connectivity index (χ4n) is 4.36. The van der Waals surface area contributed by atoms with Crippen molar-refractivity contribution in [3.05, 3.63) is 73.9 Å². The van der Waals surface area contributed by atoms with Gasteiger partial charge in [-0.05, 0) is 55.3 Å². The predicted octanol–water partition coefficient (Wildman–Crippen LogP) is 5.87. The molecule has 4 rings (SSSR count). The van der Waals surface area contributed by atoms with E-state index < -0.39 is 5.09 Å². The lowest BCUT2D eigenvalue weighted by Gasteiger charge is -2.22. The first-order valence-corrected chi connectivity index (χ1v) is 12.9. The van der Waals surface area contributed by atoms with Gasteiger partial charge in [0.15, 0.2) is 5.69 Å². The van der Waals surface area contributed by atoms with Crippen LogP contribution in [0.15, 0.2) is 42.5 Å². The Balaban J connectivity index is 1.71. The summed E-state index contributed by atoms with van der Waals surface area (Å²) in [5.74, 6) is 6.18. The normalized spacial score (nSPS) is 13.3. The monoisotopic (exact) mass is 556 g/mol. The van der Waals surface area contributed by atoms with Crippen LogP contribution in [0, 0.1) is 22.0 Å². The molecule has 0 saturated heterocycles. The van der Waals surface area contributed by atoms with Gasteiger partial charge >= 0.3 is 0 Å². The van der Waals surface area contributed by atoms with Gasteiger partial charge in [0.05, 0.1) is 17.8 Å². The van der Waals surface area contributed by atoms with E-state index in [0.29, 0.717) is 32.7 Å². The Morgan fingerprint density at radius 2 is 1.92 bits per heavy atom. The second kappa shape index (κ2) is 12.7. The molecule has 38 heavy (non-hydrogen) atoms. The summed E-state index contributed by atoms with van der Waals surface area (Å²) in [6.45, 7) is -0.0960. The molecule has 9 nitrogen and oxygen atoms in total. The molecule has 198 valence electrons. The number of hydrogen-bond donors (Lipinski definition) is 1. The smallest absolute Gasteiger partial charge is 0.294 e. The minimum Gasteiger partial charge on any atom is -0.480 e. The molecule has 1 aliphatic carbocycles. The number of carbonyl (C=O) groups excluding carboxylic acids is 1. The highest BCUT2D eigenvalue weighted by molar-refractivity contribution is 6.36. The van der Waals surface area contributed by atoms with Crippen molar-refractivity contribution >= 4 is 29.1 Å². The summed E-state index contributed by atoms with van der Waals surface area (Å²) in [6, 6.07) is 12.4. The molecule has 1 fully saturated rings. The Morgan fingerprint density at radius 1 is 1.18 bits per heavy atom. The SMILES string of the molecule is COc1c(C(=O)NC2CCCCC2)nc(-c2ccc(Cl)cc2Cl)n1-c1ccc(C#CCCO[N+](=O)[O-])cc1. The number of nitrogens with zero attached hydrogens (tertiary/aromatic N) is 3. The molecule has 1 aliphatic rings. The first-order valence-electron chi connectivity index (χ1n) is 12.2. The lowest BCUT2D eigenvalue weighted by Crippen LogP contribution is -2.36. The molecule has 1 saturated carbocycles. The molecule has 0 aliphatic heterocycles. The van der Waals surface area contributed by atoms with E-state index in [4.69, 9.17) is 32.9 Å². The van der Waals surface area contributed by atoms with Crippen LogP contribution < -0.4 is 10.1 Å². The zero-order chi connectivity index (χ0) is 27.1. The van der Waals surface area contributed by atoms with E-state index in [0.717, 1.165) is 25.7 Å². The lowest BCUT2D eigenvalue weighted by molar-refractivity contribution is -0.757. The number of methoxy groups -OCH3 is 1. The minimum atomic E-state index is -0.844. The van der Waals surface area contributed by atoms with E-state index in [1.54, 1.807) is 34.9 Å². The molecule has 0 bridgehead atoms. The zero-order valence-corrected chi connectivity index (χ0v) is 22.2. The second-order valence-corrected chi connectivity index (χ2v) is 9.56. The van der Waals surface area contributed by atoms with Crippen LogP contribution >= 0.6 is 23.2 Å². The molecule has 11 heteroatoms. The van der Waals surface area contributed by atoms with Crippen LogP contribution in [-0.2, 0) is 4.84 Å². The number of nitrogens with one attached hydrogen (secondary N) is 1. The van der Waals surface area contributed by atoms with Crippen LogP contribution in [-0.4, -0.2) is 40.3 Å². The summed E-state index contributed by atoms with van der Waals surface area (Å²) < 4.78 is 7.45. The quantitative estimate of drug-likeness (QED) is 0.161. The van der Waals surface area contributed by atoms with Crippen molar-refractivity contribution in [1.29, 1.82) is 0 Å². The van der Waals surface area contributed by atoms with Crippen molar-refractivity contribution < 1.29 is 19.5 Å². The van der Waals surface area contributed by atoms with Crippen molar-refractivity contribution in [3.8, 4) is 34.8 Å². The largest absolute Gasteiger partial charge is 0.480 e. The standard InChI is InChI=1S/C27H26Cl2N4O5/c1-37-27-24(26(34)30-20-8-3-2-4-9-20)31-25(22-15-12-19(28)17-23(22)29)32(27)21-13-10-18(11-14-21)7-5-6-16-38-33(35)36/h10-15,17,20H,2-4,6,8-9,16H2,1H3,(H,30,34). The number of imidazole rings is 1. The first-order chi connectivity index (χ1) is 18.4. The number of ether oxygens (including phenoxy) is 1. The number of hydrogen-bond acceptors (Lipinski definition) is 6. The highest BCUT2D eigenvalue weighted by atomic mass is 35.5. The first kappa shape index (κ1) is 27.3. The van der Waals surface area contributed by atoms with Crippen LogP contribution in [0.4, 0.5) is 0 Å². The van der Waals surface area contributed by atoms with Gasteiger partial charge in [0.25, 0.3) is 11.0 Å². The Labute approximate surface area is 230 Å². The maximum absolute atomic E-state index is 13.3. The van der Waals surface area contributed by atoms with Crippen LogP contribution in [0.3, 0.4) is 0 Å². The topological polar surface area (TPSA) is 109 Å². The highest BCUT2D eigenvalue weighted by Crippen LogP contribution is 2.36. The van der Waals surface area contributed by atoms with Crippen molar-refractivity contribution in [2.75, 3.05) is 13.7 Å². The average Bonchev–Trinajstić information content (AvgIpc) is 3.29. The maximum Gasteiger partial charge on any atom is 0.294 e. The van der Waals surface area contributed by atoms with Crippen molar-refractivity contribution in [2.24, 2.45) is 0 Å². The molecule has 3 aromatic rings. The summed E-state index contributed by atoms with van der Waals surface area (Å²) in [5, 5.41) is 13.4. The minimum absolute atomic E-state index is 0.0960. The second-order valence-electron chi connectivity index (χ2n) is 8.72. The van der Waals surface area contributed by atoms with E-state index in [2.05, 4.69) is 22.0 Å². The molecule has 2 aromatic carbocycles. The van der Waals surface area contributed by atoms with E-state index in [-0.39, 0.29) is 36.6 Å². The predicted molar refractivity (Wildman–Crippen MR) is 144 cm³/mol. The van der Waals surface area contributed by atoms with Gasteiger partial charge in [-0.25, -0.2) is 4.98 Å². The van der Waals surface area contributed by atoms with Gasteiger partial charge in [-0.3, -0.25) is 9.36 Å². The molecule has 0 unspecified atom stereocenters. The fourth-order valence-corrected chi connectivity index (χ4v) is 4.86. The van der Waals surface area contributed by atoms with E-state index in [1.807, 2.05) is 12.1 Å². The lowest BCUT2D eigenvalue weighted by atomic mass is 9.95. The van der Waals surface area contributed by atoms with Gasteiger partial charge < -0.3 is 14.9 Å². The molecular formula is C27H26Cl2N4O5. The van der Waals surface area contributed by atoms with E-state index in [9.17, 15) is 14.9 Å². The Hall–Kier alpha value is -3.74. The number of rotatable bonds is 8. The number of amides is 1. The summed E-state index contributed by atoms with van der Waals surface area (Å²) >= 11 is 12.7. The Bertz CT molecular complexity index is 1370. The molecule has 1 amide bonds. The molecule has 0 spiro atoms. The summed E-state index contributed by atoms with van der Waals surface area (Å²) in [7, 11) is 1.49. The summed E-state index contributed by atoms with van der Waals surface area (Å²) in [4.78, 5) is 32.5. The average molecular weight is 557 g/mol. The van der Waals surface area contributed by atoms with Gasteiger partial charge in [-0.2, -0.15) is 0 Å². The van der Waals surface area contributed by atoms with Crippen molar-refractivity contribution in [2.45, 2.75) is 44.6 Å². The molecular weight excluding hydrogens is 531 g/mol. The third-order valence-electron chi connectivity index (χ3n) is 6.14. The van der Waals surface area contributed by atoms with Crippen LogP contribution in [0.2, 0.25) is 10.0 Å². The molecule has 1 aromatic heterocycles. The zero-order valence-electron chi connectivity index (χ0n) is 20.7. The number of carbonyl (C=O) groups is 1. The highest BCUT2D eigenvalue weighted by Gasteiger charge is 2.28. The molecule has 1 heterocycles. The van der Waals surface area contributed by atoms with Crippen LogP contribution in [0.25, 0.3) is 17.1 Å². The Kier molecular flexibility index (Phi) is 9.10. The number of aromatic nitrogens is 2. The van der Waals surface area contributed by atoms with E-state index in [1.165, 1.54) is 13.5 Å². The maximum atomic E-state index is 13.3. The summed E-state index contributed by atoms with van der Waals surface area (Å²) in [6.07, 6.45) is 5.43. The van der Waals surface area contributed by atoms with Gasteiger partial charge in [0.1, 0.15) is 12.4 Å². The third kappa shape index (κ3) is 6.57.